The predicted octanol–water partition coefficient (Wildman–Crippen LogP) is 5.07. The molecule has 31 heavy (non-hydrogen) atoms. The molecule has 5 aromatic rings. The van der Waals surface area contributed by atoms with E-state index >= 15 is 0 Å². The number of rotatable bonds is 5. The molecule has 0 aliphatic carbocycles. The van der Waals surface area contributed by atoms with Crippen molar-refractivity contribution >= 4 is 16.7 Å². The van der Waals surface area contributed by atoms with Gasteiger partial charge in [-0.15, -0.1) is 0 Å². The molecule has 0 amide bonds. The lowest BCUT2D eigenvalue weighted by atomic mass is 10.0. The van der Waals surface area contributed by atoms with Gasteiger partial charge in [-0.25, -0.2) is 19.9 Å². The van der Waals surface area contributed by atoms with Gasteiger partial charge in [0.2, 0.25) is 0 Å². The molecule has 2 N–H and O–H groups in total. The second-order valence-corrected chi connectivity index (χ2v) is 7.11. The maximum absolute atomic E-state index is 9.80. The highest BCUT2D eigenvalue weighted by Gasteiger charge is 2.14. The minimum Gasteiger partial charge on any atom is -0.508 e. The van der Waals surface area contributed by atoms with Crippen LogP contribution in [0.4, 0.5) is 5.82 Å². The summed E-state index contributed by atoms with van der Waals surface area (Å²) in [6, 6.07) is 23.4. The summed E-state index contributed by atoms with van der Waals surface area (Å²) in [7, 11) is 0. The van der Waals surface area contributed by atoms with E-state index < -0.39 is 0 Å². The number of aromatic hydroxyl groups is 1. The molecule has 2 aromatic heterocycles. The molecule has 5 rings (SSSR count). The van der Waals surface area contributed by atoms with Gasteiger partial charge in [0.15, 0.2) is 5.82 Å². The second-order valence-electron chi connectivity index (χ2n) is 7.11. The van der Waals surface area contributed by atoms with Crippen LogP contribution >= 0.6 is 0 Å². The van der Waals surface area contributed by atoms with E-state index in [9.17, 15) is 5.11 Å². The molecule has 0 aliphatic rings. The van der Waals surface area contributed by atoms with Crippen LogP contribution in [0.2, 0.25) is 0 Å². The predicted molar refractivity (Wildman–Crippen MR) is 121 cm³/mol. The summed E-state index contributed by atoms with van der Waals surface area (Å²) in [5.41, 5.74) is 4.66. The zero-order chi connectivity index (χ0) is 21.0. The third kappa shape index (κ3) is 3.91. The van der Waals surface area contributed by atoms with Gasteiger partial charge in [-0.05, 0) is 34.9 Å². The minimum absolute atomic E-state index is 0.235. The molecule has 0 saturated carbocycles. The number of anilines is 1. The summed E-state index contributed by atoms with van der Waals surface area (Å²) >= 11 is 0. The Morgan fingerprint density at radius 3 is 2.39 bits per heavy atom. The Bertz CT molecular complexity index is 1340. The molecule has 0 fully saturated rings. The average Bonchev–Trinajstić information content (AvgIpc) is 2.83. The van der Waals surface area contributed by atoms with Crippen LogP contribution in [0.1, 0.15) is 5.56 Å². The Morgan fingerprint density at radius 1 is 0.774 bits per heavy atom. The van der Waals surface area contributed by atoms with Crippen molar-refractivity contribution in [2.75, 3.05) is 5.32 Å². The van der Waals surface area contributed by atoms with Crippen molar-refractivity contribution in [2.24, 2.45) is 0 Å². The fraction of sp³-hybridized carbons (Fsp3) is 0.0400. The first-order chi connectivity index (χ1) is 15.3. The molecule has 2 heterocycles. The van der Waals surface area contributed by atoms with Crippen molar-refractivity contribution in [3.8, 4) is 28.3 Å². The van der Waals surface area contributed by atoms with E-state index in [0.29, 0.717) is 18.2 Å². The van der Waals surface area contributed by atoms with Gasteiger partial charge in [0.25, 0.3) is 0 Å². The second kappa shape index (κ2) is 8.20. The van der Waals surface area contributed by atoms with Crippen molar-refractivity contribution < 1.29 is 5.11 Å². The molecule has 0 bridgehead atoms. The molecule has 150 valence electrons. The molecule has 0 unspecified atom stereocenters. The Balaban J connectivity index is 1.67. The van der Waals surface area contributed by atoms with Crippen molar-refractivity contribution in [3.63, 3.8) is 0 Å². The zero-order valence-electron chi connectivity index (χ0n) is 16.6. The van der Waals surface area contributed by atoms with E-state index in [0.717, 1.165) is 33.2 Å². The summed E-state index contributed by atoms with van der Waals surface area (Å²) in [6.07, 6.45) is 4.89. The molecule has 6 heteroatoms. The number of aromatic nitrogens is 4. The largest absolute Gasteiger partial charge is 0.508 e. The number of phenolic OH excluding ortho intramolecular Hbond substituents is 1. The van der Waals surface area contributed by atoms with Crippen molar-refractivity contribution in [1.29, 1.82) is 0 Å². The first kappa shape index (κ1) is 18.7. The van der Waals surface area contributed by atoms with Crippen LogP contribution < -0.4 is 5.32 Å². The number of hydrogen-bond acceptors (Lipinski definition) is 6. The lowest BCUT2D eigenvalue weighted by Gasteiger charge is -2.14. The van der Waals surface area contributed by atoms with Gasteiger partial charge >= 0.3 is 0 Å². The summed E-state index contributed by atoms with van der Waals surface area (Å²) in [6.45, 7) is 0.508. The highest BCUT2D eigenvalue weighted by Crippen LogP contribution is 2.34. The number of nitrogens with zero attached hydrogens (tertiary/aromatic N) is 4. The van der Waals surface area contributed by atoms with Gasteiger partial charge in [0.1, 0.15) is 17.9 Å². The number of hydrogen-bond donors (Lipinski definition) is 2. The third-order valence-corrected chi connectivity index (χ3v) is 5.00. The van der Waals surface area contributed by atoms with E-state index in [1.54, 1.807) is 24.5 Å². The maximum atomic E-state index is 9.80. The van der Waals surface area contributed by atoms with E-state index in [1.807, 2.05) is 42.5 Å². The van der Waals surface area contributed by atoms with Crippen LogP contribution in [0.25, 0.3) is 33.4 Å². The summed E-state index contributed by atoms with van der Waals surface area (Å²) in [5.74, 6) is 1.50. The molecule has 0 spiro atoms. The Kier molecular flexibility index (Phi) is 4.94. The topological polar surface area (TPSA) is 83.8 Å². The lowest BCUT2D eigenvalue weighted by molar-refractivity contribution is 0.474. The van der Waals surface area contributed by atoms with E-state index in [2.05, 4.69) is 33.5 Å². The average molecular weight is 405 g/mol. The molecule has 6 nitrogen and oxygen atoms in total. The van der Waals surface area contributed by atoms with Gasteiger partial charge in [0.05, 0.1) is 16.5 Å². The van der Waals surface area contributed by atoms with Gasteiger partial charge in [-0.1, -0.05) is 54.6 Å². The number of benzene rings is 3. The van der Waals surface area contributed by atoms with Gasteiger partial charge in [0, 0.05) is 18.9 Å². The monoisotopic (exact) mass is 405 g/mol. The van der Waals surface area contributed by atoms with Crippen LogP contribution in [0.5, 0.6) is 5.75 Å². The first-order valence-electron chi connectivity index (χ1n) is 9.91. The van der Waals surface area contributed by atoms with Crippen LogP contribution in [0.15, 0.2) is 91.5 Å². The Hall–Kier alpha value is -4.32. The van der Waals surface area contributed by atoms with E-state index in [4.69, 9.17) is 9.97 Å². The number of phenols is 1. The van der Waals surface area contributed by atoms with Gasteiger partial charge < -0.3 is 10.4 Å². The normalized spacial score (nSPS) is 10.8. The fourth-order valence-electron chi connectivity index (χ4n) is 3.57. The fourth-order valence-corrected chi connectivity index (χ4v) is 3.57. The van der Waals surface area contributed by atoms with Crippen LogP contribution in [-0.2, 0) is 6.54 Å². The van der Waals surface area contributed by atoms with Crippen molar-refractivity contribution in [1.82, 2.24) is 19.9 Å². The SMILES string of the molecule is Oc1cccc(CNc2nc(-c3cncnc3)nc3cccc(-c4ccccc4)c23)c1. The zero-order valence-corrected chi connectivity index (χ0v) is 16.6. The summed E-state index contributed by atoms with van der Waals surface area (Å²) in [4.78, 5) is 17.8. The third-order valence-electron chi connectivity index (χ3n) is 5.00. The molecule has 3 aromatic carbocycles. The van der Waals surface area contributed by atoms with E-state index in [1.165, 1.54) is 6.33 Å². The lowest BCUT2D eigenvalue weighted by Crippen LogP contribution is -2.05. The Morgan fingerprint density at radius 2 is 1.58 bits per heavy atom. The van der Waals surface area contributed by atoms with Crippen LogP contribution in [0, 0.1) is 0 Å². The van der Waals surface area contributed by atoms with Gasteiger partial charge in [-0.3, -0.25) is 0 Å². The highest BCUT2D eigenvalue weighted by atomic mass is 16.3. The number of fused-ring (bicyclic) bond motifs is 1. The molecule has 0 saturated heterocycles. The van der Waals surface area contributed by atoms with Crippen LogP contribution in [0.3, 0.4) is 0 Å². The minimum atomic E-state index is 0.235. The summed E-state index contributed by atoms with van der Waals surface area (Å²) < 4.78 is 0. The maximum Gasteiger partial charge on any atom is 0.165 e. The van der Waals surface area contributed by atoms with Crippen molar-refractivity contribution in [2.45, 2.75) is 6.54 Å². The highest BCUT2D eigenvalue weighted by molar-refractivity contribution is 6.02. The smallest absolute Gasteiger partial charge is 0.165 e. The Labute approximate surface area is 179 Å². The molecular formula is C25H19N5O. The summed E-state index contributed by atoms with van der Waals surface area (Å²) in [5, 5.41) is 14.2. The molecule has 0 radical (unpaired) electrons. The number of nitrogens with one attached hydrogen (secondary N) is 1. The van der Waals surface area contributed by atoms with Crippen molar-refractivity contribution in [3.05, 3.63) is 97.1 Å². The van der Waals surface area contributed by atoms with E-state index in [-0.39, 0.29) is 5.75 Å². The first-order valence-corrected chi connectivity index (χ1v) is 9.91. The van der Waals surface area contributed by atoms with Crippen LogP contribution in [-0.4, -0.2) is 25.0 Å². The molecule has 0 atom stereocenters. The molecule has 0 aliphatic heterocycles. The van der Waals surface area contributed by atoms with Gasteiger partial charge in [-0.2, -0.15) is 0 Å². The molecular weight excluding hydrogens is 386 g/mol. The standard InChI is InChI=1S/C25H19N5O/c31-20-9-4-6-17(12-20)13-28-25-23-21(18-7-2-1-3-8-18)10-5-11-22(23)29-24(30-25)19-14-26-16-27-15-19/h1-12,14-16,31H,13H2,(H,28,29,30). The quantitative estimate of drug-likeness (QED) is 0.425.